The maximum absolute atomic E-state index is 4.22. The standard InChI is InChI=1S/C14H14N6S/c1-8-15-19(9-1)12-4-2-11(3-5-12)10-21-14-16-17-18-20(14)13-6-7-13/h1-5,8-9,13H,6-7,10H2. The Bertz CT molecular complexity index is 714. The molecule has 1 aromatic carbocycles. The summed E-state index contributed by atoms with van der Waals surface area (Å²) in [5.41, 5.74) is 2.32. The van der Waals surface area contributed by atoms with Crippen LogP contribution in [0.25, 0.3) is 5.69 Å². The van der Waals surface area contributed by atoms with E-state index in [1.165, 1.54) is 18.4 Å². The quantitative estimate of drug-likeness (QED) is 0.677. The van der Waals surface area contributed by atoms with Crippen LogP contribution in [0.5, 0.6) is 0 Å². The molecule has 4 rings (SSSR count). The van der Waals surface area contributed by atoms with Gasteiger partial charge in [-0.15, -0.1) is 5.10 Å². The van der Waals surface area contributed by atoms with Crippen LogP contribution in [-0.2, 0) is 5.75 Å². The Morgan fingerprint density at radius 3 is 2.76 bits per heavy atom. The second-order valence-corrected chi connectivity index (χ2v) is 5.99. The summed E-state index contributed by atoms with van der Waals surface area (Å²) in [5, 5.41) is 17.1. The van der Waals surface area contributed by atoms with Gasteiger partial charge in [-0.3, -0.25) is 0 Å². The van der Waals surface area contributed by atoms with Gasteiger partial charge in [0.25, 0.3) is 0 Å². The van der Waals surface area contributed by atoms with Crippen LogP contribution in [-0.4, -0.2) is 30.0 Å². The molecule has 0 amide bonds. The molecule has 0 saturated heterocycles. The van der Waals surface area contributed by atoms with Gasteiger partial charge in [0.15, 0.2) is 0 Å². The van der Waals surface area contributed by atoms with Gasteiger partial charge in [-0.05, 0) is 47.0 Å². The summed E-state index contributed by atoms with van der Waals surface area (Å²) in [5.74, 6) is 0.868. The van der Waals surface area contributed by atoms with Gasteiger partial charge < -0.3 is 0 Å². The molecule has 7 heteroatoms. The lowest BCUT2D eigenvalue weighted by molar-refractivity contribution is 0.565. The number of thioether (sulfide) groups is 1. The lowest BCUT2D eigenvalue weighted by Crippen LogP contribution is -1.99. The predicted molar refractivity (Wildman–Crippen MR) is 79.2 cm³/mol. The Morgan fingerprint density at radius 2 is 2.05 bits per heavy atom. The Labute approximate surface area is 126 Å². The maximum Gasteiger partial charge on any atom is 0.209 e. The molecule has 6 nitrogen and oxygen atoms in total. The molecule has 0 bridgehead atoms. The van der Waals surface area contributed by atoms with Crippen LogP contribution >= 0.6 is 11.8 Å². The van der Waals surface area contributed by atoms with Gasteiger partial charge in [0, 0.05) is 18.1 Å². The molecule has 0 radical (unpaired) electrons. The third-order valence-electron chi connectivity index (χ3n) is 3.43. The number of nitrogens with zero attached hydrogens (tertiary/aromatic N) is 6. The maximum atomic E-state index is 4.22. The van der Waals surface area contributed by atoms with Gasteiger partial charge >= 0.3 is 0 Å². The van der Waals surface area contributed by atoms with E-state index in [2.05, 4.69) is 44.9 Å². The first-order valence-electron chi connectivity index (χ1n) is 6.90. The lowest BCUT2D eigenvalue weighted by Gasteiger charge is -2.04. The van der Waals surface area contributed by atoms with E-state index in [0.29, 0.717) is 6.04 Å². The average molecular weight is 298 g/mol. The molecule has 0 atom stereocenters. The van der Waals surface area contributed by atoms with Crippen molar-refractivity contribution in [3.05, 3.63) is 48.3 Å². The smallest absolute Gasteiger partial charge is 0.209 e. The van der Waals surface area contributed by atoms with Crippen molar-refractivity contribution >= 4 is 11.8 Å². The molecule has 1 fully saturated rings. The molecule has 2 aromatic heterocycles. The Kier molecular flexibility index (Phi) is 3.19. The van der Waals surface area contributed by atoms with E-state index in [0.717, 1.165) is 16.6 Å². The highest BCUT2D eigenvalue weighted by Gasteiger charge is 2.27. The van der Waals surface area contributed by atoms with Crippen molar-refractivity contribution in [1.29, 1.82) is 0 Å². The first-order chi connectivity index (χ1) is 10.4. The minimum Gasteiger partial charge on any atom is -0.241 e. The summed E-state index contributed by atoms with van der Waals surface area (Å²) >= 11 is 1.68. The molecule has 0 unspecified atom stereocenters. The van der Waals surface area contributed by atoms with Crippen molar-refractivity contribution in [3.8, 4) is 5.69 Å². The van der Waals surface area contributed by atoms with Crippen LogP contribution in [0, 0.1) is 0 Å². The van der Waals surface area contributed by atoms with E-state index in [1.807, 2.05) is 21.6 Å². The molecule has 0 aliphatic heterocycles. The molecule has 1 aliphatic carbocycles. The number of hydrogen-bond acceptors (Lipinski definition) is 5. The summed E-state index contributed by atoms with van der Waals surface area (Å²) in [4.78, 5) is 0. The molecular weight excluding hydrogens is 284 g/mol. The SMILES string of the molecule is c1cnn(-c2ccc(CSc3nnnn3C3CC3)cc2)c1. The van der Waals surface area contributed by atoms with Crippen LogP contribution in [0.2, 0.25) is 0 Å². The molecule has 0 spiro atoms. The third kappa shape index (κ3) is 2.69. The Balaban J connectivity index is 1.44. The first kappa shape index (κ1) is 12.6. The van der Waals surface area contributed by atoms with Crippen molar-refractivity contribution in [2.75, 3.05) is 0 Å². The molecular formula is C14H14N6S. The summed E-state index contributed by atoms with van der Waals surface area (Å²) in [6.07, 6.45) is 6.10. The summed E-state index contributed by atoms with van der Waals surface area (Å²) in [6, 6.07) is 10.8. The van der Waals surface area contributed by atoms with Crippen LogP contribution < -0.4 is 0 Å². The minimum atomic E-state index is 0.518. The Morgan fingerprint density at radius 1 is 1.19 bits per heavy atom. The molecule has 2 heterocycles. The van der Waals surface area contributed by atoms with Crippen LogP contribution in [0.1, 0.15) is 24.4 Å². The van der Waals surface area contributed by atoms with Crippen molar-refractivity contribution < 1.29 is 0 Å². The summed E-state index contributed by atoms with van der Waals surface area (Å²) in [6.45, 7) is 0. The number of benzene rings is 1. The van der Waals surface area contributed by atoms with Gasteiger partial charge in [-0.25, -0.2) is 9.36 Å². The van der Waals surface area contributed by atoms with Crippen molar-refractivity contribution in [3.63, 3.8) is 0 Å². The zero-order chi connectivity index (χ0) is 14.1. The van der Waals surface area contributed by atoms with Crippen molar-refractivity contribution in [1.82, 2.24) is 30.0 Å². The third-order valence-corrected chi connectivity index (χ3v) is 4.43. The van der Waals surface area contributed by atoms with Crippen molar-refractivity contribution in [2.45, 2.75) is 29.8 Å². The van der Waals surface area contributed by atoms with E-state index in [-0.39, 0.29) is 0 Å². The van der Waals surface area contributed by atoms with Crippen LogP contribution in [0.3, 0.4) is 0 Å². The topological polar surface area (TPSA) is 61.4 Å². The van der Waals surface area contributed by atoms with Crippen molar-refractivity contribution in [2.24, 2.45) is 0 Å². The normalized spacial score (nSPS) is 14.5. The molecule has 1 saturated carbocycles. The molecule has 3 aromatic rings. The molecule has 0 N–H and O–H groups in total. The van der Waals surface area contributed by atoms with Gasteiger partial charge in [0.05, 0.1) is 11.7 Å². The number of hydrogen-bond donors (Lipinski definition) is 0. The van der Waals surface area contributed by atoms with E-state index in [1.54, 1.807) is 18.0 Å². The van der Waals surface area contributed by atoms with Gasteiger partial charge in [-0.1, -0.05) is 23.9 Å². The minimum absolute atomic E-state index is 0.518. The van der Waals surface area contributed by atoms with Crippen LogP contribution in [0.4, 0.5) is 0 Å². The van der Waals surface area contributed by atoms with E-state index < -0.39 is 0 Å². The highest BCUT2D eigenvalue weighted by molar-refractivity contribution is 7.98. The molecule has 1 aliphatic rings. The fourth-order valence-electron chi connectivity index (χ4n) is 2.14. The second kappa shape index (κ2) is 5.33. The highest BCUT2D eigenvalue weighted by Crippen LogP contribution is 2.36. The monoisotopic (exact) mass is 298 g/mol. The zero-order valence-electron chi connectivity index (χ0n) is 11.3. The van der Waals surface area contributed by atoms with Gasteiger partial charge in [0.1, 0.15) is 0 Å². The number of aromatic nitrogens is 6. The molecule has 21 heavy (non-hydrogen) atoms. The van der Waals surface area contributed by atoms with Crippen LogP contribution in [0.15, 0.2) is 47.9 Å². The predicted octanol–water partition coefficient (Wildman–Crippen LogP) is 2.49. The van der Waals surface area contributed by atoms with E-state index >= 15 is 0 Å². The highest BCUT2D eigenvalue weighted by atomic mass is 32.2. The fourth-order valence-corrected chi connectivity index (χ4v) is 3.04. The first-order valence-corrected chi connectivity index (χ1v) is 7.88. The largest absolute Gasteiger partial charge is 0.241 e. The Hall–Kier alpha value is -2.15. The van der Waals surface area contributed by atoms with E-state index in [4.69, 9.17) is 0 Å². The number of rotatable bonds is 5. The summed E-state index contributed by atoms with van der Waals surface area (Å²) in [7, 11) is 0. The zero-order valence-corrected chi connectivity index (χ0v) is 12.1. The average Bonchev–Trinajstić information content (AvgIpc) is 3.04. The van der Waals surface area contributed by atoms with Gasteiger partial charge in [-0.2, -0.15) is 5.10 Å². The van der Waals surface area contributed by atoms with E-state index in [9.17, 15) is 0 Å². The summed E-state index contributed by atoms with van der Waals surface area (Å²) < 4.78 is 3.80. The second-order valence-electron chi connectivity index (χ2n) is 5.04. The van der Waals surface area contributed by atoms with Gasteiger partial charge in [0.2, 0.25) is 5.16 Å². The lowest BCUT2D eigenvalue weighted by atomic mass is 10.2. The number of tetrazole rings is 1. The molecule has 106 valence electrons. The fraction of sp³-hybridized carbons (Fsp3) is 0.286.